The summed E-state index contributed by atoms with van der Waals surface area (Å²) in [6, 6.07) is 13.2. The SMILES string of the molecule is CCc1ccc(C(C)NS(=O)(=O)c2ccc(N3C(=O)CCC3=O)cc2)cc1. The average Bonchev–Trinajstić information content (AvgIpc) is 3.00. The van der Waals surface area contributed by atoms with Gasteiger partial charge in [-0.05, 0) is 48.7 Å². The van der Waals surface area contributed by atoms with Gasteiger partial charge in [-0.3, -0.25) is 14.5 Å². The van der Waals surface area contributed by atoms with Crippen molar-refractivity contribution < 1.29 is 18.0 Å². The summed E-state index contributed by atoms with van der Waals surface area (Å²) in [4.78, 5) is 24.8. The molecule has 27 heavy (non-hydrogen) atoms. The fourth-order valence-electron chi connectivity index (χ4n) is 3.05. The van der Waals surface area contributed by atoms with Gasteiger partial charge in [0.2, 0.25) is 21.8 Å². The minimum atomic E-state index is -3.73. The number of nitrogens with zero attached hydrogens (tertiary/aromatic N) is 1. The van der Waals surface area contributed by atoms with Crippen molar-refractivity contribution in [3.8, 4) is 0 Å². The lowest BCUT2D eigenvalue weighted by molar-refractivity contribution is -0.121. The van der Waals surface area contributed by atoms with Crippen LogP contribution in [-0.2, 0) is 26.0 Å². The van der Waals surface area contributed by atoms with Crippen molar-refractivity contribution in [3.05, 3.63) is 59.7 Å². The second-order valence-electron chi connectivity index (χ2n) is 6.55. The first kappa shape index (κ1) is 19.3. The Balaban J connectivity index is 1.76. The van der Waals surface area contributed by atoms with Crippen LogP contribution in [0.5, 0.6) is 0 Å². The van der Waals surface area contributed by atoms with Crippen LogP contribution in [0.25, 0.3) is 0 Å². The predicted molar refractivity (Wildman–Crippen MR) is 103 cm³/mol. The molecule has 1 aliphatic heterocycles. The number of sulfonamides is 1. The van der Waals surface area contributed by atoms with Crippen LogP contribution in [0.15, 0.2) is 53.4 Å². The summed E-state index contributed by atoms with van der Waals surface area (Å²) in [5.41, 5.74) is 2.46. The van der Waals surface area contributed by atoms with Crippen molar-refractivity contribution in [1.82, 2.24) is 4.72 Å². The Morgan fingerprint density at radius 1 is 0.963 bits per heavy atom. The third-order valence-corrected chi connectivity index (χ3v) is 6.23. The van der Waals surface area contributed by atoms with E-state index in [1.54, 1.807) is 6.92 Å². The first-order valence-corrected chi connectivity index (χ1v) is 10.4. The maximum absolute atomic E-state index is 12.6. The van der Waals surface area contributed by atoms with Gasteiger partial charge in [-0.2, -0.15) is 0 Å². The quantitative estimate of drug-likeness (QED) is 0.774. The normalized spacial score (nSPS) is 16.0. The highest BCUT2D eigenvalue weighted by atomic mass is 32.2. The van der Waals surface area contributed by atoms with E-state index in [-0.39, 0.29) is 35.6 Å². The van der Waals surface area contributed by atoms with Crippen LogP contribution < -0.4 is 9.62 Å². The van der Waals surface area contributed by atoms with Gasteiger partial charge in [-0.1, -0.05) is 31.2 Å². The molecule has 0 aliphatic carbocycles. The number of carbonyl (C=O) groups is 2. The number of benzene rings is 2. The fourth-order valence-corrected chi connectivity index (χ4v) is 4.28. The van der Waals surface area contributed by atoms with Gasteiger partial charge in [0.25, 0.3) is 0 Å². The van der Waals surface area contributed by atoms with Crippen molar-refractivity contribution in [2.45, 2.75) is 44.0 Å². The molecule has 1 atom stereocenters. The molecule has 1 N–H and O–H groups in total. The minimum absolute atomic E-state index is 0.0855. The maximum atomic E-state index is 12.6. The van der Waals surface area contributed by atoms with Crippen LogP contribution in [0.4, 0.5) is 5.69 Å². The first-order chi connectivity index (χ1) is 12.8. The number of carbonyl (C=O) groups excluding carboxylic acids is 2. The molecule has 2 aromatic rings. The zero-order valence-corrected chi connectivity index (χ0v) is 16.1. The molecule has 0 aromatic heterocycles. The molecule has 0 bridgehead atoms. The Morgan fingerprint density at radius 3 is 2.04 bits per heavy atom. The molecule has 0 spiro atoms. The third kappa shape index (κ3) is 4.09. The van der Waals surface area contributed by atoms with Crippen LogP contribution >= 0.6 is 0 Å². The van der Waals surface area contributed by atoms with Crippen LogP contribution in [0.2, 0.25) is 0 Å². The third-order valence-electron chi connectivity index (χ3n) is 4.68. The summed E-state index contributed by atoms with van der Waals surface area (Å²) in [5, 5.41) is 0. The molecule has 2 amide bonds. The Bertz CT molecular complexity index is 934. The molecule has 3 rings (SSSR count). The van der Waals surface area contributed by atoms with Gasteiger partial charge < -0.3 is 0 Å². The largest absolute Gasteiger partial charge is 0.274 e. The van der Waals surface area contributed by atoms with E-state index in [4.69, 9.17) is 0 Å². The summed E-state index contributed by atoms with van der Waals surface area (Å²) < 4.78 is 27.9. The minimum Gasteiger partial charge on any atom is -0.274 e. The molecule has 0 radical (unpaired) electrons. The maximum Gasteiger partial charge on any atom is 0.241 e. The molecule has 1 unspecified atom stereocenters. The summed E-state index contributed by atoms with van der Waals surface area (Å²) in [7, 11) is -3.73. The number of imide groups is 1. The molecule has 1 fully saturated rings. The smallest absolute Gasteiger partial charge is 0.241 e. The molecule has 6 nitrogen and oxygen atoms in total. The van der Waals surface area contributed by atoms with Gasteiger partial charge in [0.15, 0.2) is 0 Å². The number of anilines is 1. The van der Waals surface area contributed by atoms with Crippen LogP contribution in [0, 0.1) is 0 Å². The summed E-state index contributed by atoms with van der Waals surface area (Å²) in [5.74, 6) is -0.532. The van der Waals surface area contributed by atoms with E-state index in [1.165, 1.54) is 29.8 Å². The molecule has 1 heterocycles. The number of nitrogens with one attached hydrogen (secondary N) is 1. The van der Waals surface area contributed by atoms with E-state index in [0.717, 1.165) is 16.9 Å². The molecular formula is C20H22N2O4S. The number of hydrogen-bond donors (Lipinski definition) is 1. The molecular weight excluding hydrogens is 364 g/mol. The Morgan fingerprint density at radius 2 is 1.52 bits per heavy atom. The molecule has 0 saturated carbocycles. The van der Waals surface area contributed by atoms with E-state index in [9.17, 15) is 18.0 Å². The Kier molecular flexibility index (Phi) is 5.43. The van der Waals surface area contributed by atoms with Gasteiger partial charge in [-0.15, -0.1) is 0 Å². The van der Waals surface area contributed by atoms with Gasteiger partial charge >= 0.3 is 0 Å². The summed E-state index contributed by atoms with van der Waals surface area (Å²) in [6.45, 7) is 3.85. The summed E-state index contributed by atoms with van der Waals surface area (Å²) >= 11 is 0. The highest BCUT2D eigenvalue weighted by Gasteiger charge is 2.30. The first-order valence-electron chi connectivity index (χ1n) is 8.89. The highest BCUT2D eigenvalue weighted by Crippen LogP contribution is 2.25. The number of aryl methyl sites for hydroxylation is 1. The van der Waals surface area contributed by atoms with Crippen molar-refractivity contribution in [2.24, 2.45) is 0 Å². The predicted octanol–water partition coefficient (Wildman–Crippen LogP) is 2.94. The number of rotatable bonds is 6. The Labute approximate surface area is 159 Å². The van der Waals surface area contributed by atoms with Crippen molar-refractivity contribution >= 4 is 27.5 Å². The highest BCUT2D eigenvalue weighted by molar-refractivity contribution is 7.89. The molecule has 2 aromatic carbocycles. The van der Waals surface area contributed by atoms with Crippen molar-refractivity contribution in [2.75, 3.05) is 4.90 Å². The number of amides is 2. The van der Waals surface area contributed by atoms with Crippen LogP contribution in [0.3, 0.4) is 0 Å². The fraction of sp³-hybridized carbons (Fsp3) is 0.300. The van der Waals surface area contributed by atoms with Crippen molar-refractivity contribution in [1.29, 1.82) is 0 Å². The second kappa shape index (κ2) is 7.62. The van der Waals surface area contributed by atoms with E-state index in [2.05, 4.69) is 11.6 Å². The topological polar surface area (TPSA) is 83.6 Å². The molecule has 142 valence electrons. The Hall–Kier alpha value is -2.51. The van der Waals surface area contributed by atoms with Gasteiger partial charge in [-0.25, -0.2) is 13.1 Å². The standard InChI is InChI=1S/C20H22N2O4S/c1-3-15-4-6-16(7-5-15)14(2)21-27(25,26)18-10-8-17(9-11-18)22-19(23)12-13-20(22)24/h4-11,14,21H,3,12-13H2,1-2H3. The zero-order valence-electron chi connectivity index (χ0n) is 15.3. The lowest BCUT2D eigenvalue weighted by Crippen LogP contribution is -2.29. The molecule has 1 aliphatic rings. The average molecular weight is 386 g/mol. The van der Waals surface area contributed by atoms with Gasteiger partial charge in [0, 0.05) is 18.9 Å². The second-order valence-corrected chi connectivity index (χ2v) is 8.27. The summed E-state index contributed by atoms with van der Waals surface area (Å²) in [6.07, 6.45) is 1.30. The lowest BCUT2D eigenvalue weighted by Gasteiger charge is -2.17. The lowest BCUT2D eigenvalue weighted by atomic mass is 10.1. The monoisotopic (exact) mass is 386 g/mol. The van der Waals surface area contributed by atoms with Gasteiger partial charge in [0.1, 0.15) is 0 Å². The van der Waals surface area contributed by atoms with Crippen LogP contribution in [0.1, 0.15) is 43.9 Å². The van der Waals surface area contributed by atoms with Gasteiger partial charge in [0.05, 0.1) is 10.6 Å². The van der Waals surface area contributed by atoms with E-state index >= 15 is 0 Å². The number of hydrogen-bond acceptors (Lipinski definition) is 4. The zero-order chi connectivity index (χ0) is 19.6. The molecule has 1 saturated heterocycles. The van der Waals surface area contributed by atoms with E-state index in [0.29, 0.717) is 5.69 Å². The van der Waals surface area contributed by atoms with Crippen molar-refractivity contribution in [3.63, 3.8) is 0 Å². The van der Waals surface area contributed by atoms with E-state index in [1.807, 2.05) is 24.3 Å². The molecule has 7 heteroatoms. The van der Waals surface area contributed by atoms with E-state index < -0.39 is 10.0 Å². The van der Waals surface area contributed by atoms with Crippen LogP contribution in [-0.4, -0.2) is 20.2 Å².